The maximum atomic E-state index is 5.49. The molecular weight excluding hydrogens is 256 g/mol. The van der Waals surface area contributed by atoms with Gasteiger partial charge in [-0.05, 0) is 5.92 Å². The van der Waals surface area contributed by atoms with E-state index < -0.39 is 0 Å². The first kappa shape index (κ1) is 14.5. The van der Waals surface area contributed by atoms with Gasteiger partial charge in [-0.25, -0.2) is 15.8 Å². The molecule has 7 nitrogen and oxygen atoms in total. The van der Waals surface area contributed by atoms with E-state index >= 15 is 0 Å². The van der Waals surface area contributed by atoms with Crippen molar-refractivity contribution in [1.29, 1.82) is 0 Å². The number of hydrogen-bond acceptors (Lipinski definition) is 6. The Morgan fingerprint density at radius 3 is 2.95 bits per heavy atom. The van der Waals surface area contributed by atoms with Gasteiger partial charge in [0.25, 0.3) is 0 Å². The molecule has 2 aromatic heterocycles. The molecule has 0 atom stereocenters. The van der Waals surface area contributed by atoms with E-state index in [1.807, 2.05) is 16.8 Å². The highest BCUT2D eigenvalue weighted by atomic mass is 16.5. The van der Waals surface area contributed by atoms with Crippen molar-refractivity contribution in [3.8, 4) is 0 Å². The number of fused-ring (bicyclic) bond motifs is 1. The number of hydrogen-bond donors (Lipinski definition) is 2. The van der Waals surface area contributed by atoms with Gasteiger partial charge in [0.05, 0.1) is 12.8 Å². The van der Waals surface area contributed by atoms with Crippen LogP contribution < -0.4 is 16.2 Å². The van der Waals surface area contributed by atoms with Gasteiger partial charge >= 0.3 is 0 Å². The minimum Gasteiger partial charge on any atom is -0.383 e. The first-order chi connectivity index (χ1) is 9.65. The number of nitrogen functional groups attached to an aromatic ring is 1. The monoisotopic (exact) mass is 278 g/mol. The Morgan fingerprint density at radius 1 is 1.50 bits per heavy atom. The van der Waals surface area contributed by atoms with Crippen LogP contribution in [0.3, 0.4) is 0 Å². The van der Waals surface area contributed by atoms with Gasteiger partial charge in [0.1, 0.15) is 0 Å². The van der Waals surface area contributed by atoms with E-state index in [0.717, 1.165) is 24.6 Å². The molecule has 0 fully saturated rings. The summed E-state index contributed by atoms with van der Waals surface area (Å²) in [6.07, 6.45) is 5.45. The Bertz CT molecular complexity index is 553. The molecule has 0 amide bonds. The van der Waals surface area contributed by atoms with Crippen LogP contribution >= 0.6 is 0 Å². The second-order valence-corrected chi connectivity index (χ2v) is 5.08. The van der Waals surface area contributed by atoms with E-state index in [9.17, 15) is 0 Å². The summed E-state index contributed by atoms with van der Waals surface area (Å²) in [5.41, 5.74) is 3.42. The van der Waals surface area contributed by atoms with Gasteiger partial charge < -0.3 is 19.5 Å². The van der Waals surface area contributed by atoms with Gasteiger partial charge in [0, 0.05) is 32.6 Å². The van der Waals surface area contributed by atoms with Crippen molar-refractivity contribution < 1.29 is 4.74 Å². The number of nitrogens with one attached hydrogen (secondary N) is 1. The summed E-state index contributed by atoms with van der Waals surface area (Å²) < 4.78 is 7.10. The largest absolute Gasteiger partial charge is 0.383 e. The minimum atomic E-state index is 0.512. The summed E-state index contributed by atoms with van der Waals surface area (Å²) in [6.45, 7) is 6.63. The number of aromatic nitrogens is 3. The quantitative estimate of drug-likeness (QED) is 0.583. The Hall–Kier alpha value is -1.86. The fourth-order valence-corrected chi connectivity index (χ4v) is 2.12. The zero-order chi connectivity index (χ0) is 14.5. The van der Waals surface area contributed by atoms with Gasteiger partial charge in [-0.1, -0.05) is 13.8 Å². The lowest BCUT2D eigenvalue weighted by Crippen LogP contribution is -2.32. The standard InChI is InChI=1S/C13H22N6O/c1-10(2)8-19(6-7-20-3)13-12-15-4-5-18(12)9-11(16-13)17-14/h4-5,9-10,17H,6-8,14H2,1-3H3. The van der Waals surface area contributed by atoms with Crippen molar-refractivity contribution >= 4 is 17.3 Å². The van der Waals surface area contributed by atoms with Crippen LogP contribution in [-0.4, -0.2) is 41.2 Å². The van der Waals surface area contributed by atoms with Gasteiger partial charge in [0.2, 0.25) is 0 Å². The summed E-state index contributed by atoms with van der Waals surface area (Å²) in [7, 11) is 1.70. The molecule has 0 saturated carbocycles. The molecule has 0 aromatic carbocycles. The highest BCUT2D eigenvalue weighted by Crippen LogP contribution is 2.21. The molecule has 7 heteroatoms. The molecule has 0 radical (unpaired) electrons. The Labute approximate surface area is 118 Å². The van der Waals surface area contributed by atoms with E-state index in [2.05, 4.69) is 34.1 Å². The van der Waals surface area contributed by atoms with Crippen LogP contribution in [0.25, 0.3) is 5.65 Å². The summed E-state index contributed by atoms with van der Waals surface area (Å²) in [6, 6.07) is 0. The maximum Gasteiger partial charge on any atom is 0.180 e. The molecule has 20 heavy (non-hydrogen) atoms. The average molecular weight is 278 g/mol. The SMILES string of the molecule is COCCN(CC(C)C)c1nc(NN)cn2ccnc12. The number of hydrazine groups is 1. The molecule has 2 rings (SSSR count). The summed E-state index contributed by atoms with van der Waals surface area (Å²) in [5, 5.41) is 0. The van der Waals surface area contributed by atoms with Crippen LogP contribution in [0.15, 0.2) is 18.6 Å². The molecule has 0 aliphatic heterocycles. The number of nitrogens with two attached hydrogens (primary N) is 1. The third-order valence-corrected chi connectivity index (χ3v) is 2.95. The number of methoxy groups -OCH3 is 1. The van der Waals surface area contributed by atoms with E-state index in [1.54, 1.807) is 13.3 Å². The number of ether oxygens (including phenoxy) is 1. The van der Waals surface area contributed by atoms with Crippen LogP contribution in [0.2, 0.25) is 0 Å². The van der Waals surface area contributed by atoms with Crippen molar-refractivity contribution in [2.45, 2.75) is 13.8 Å². The number of nitrogens with zero attached hydrogens (tertiary/aromatic N) is 4. The smallest absolute Gasteiger partial charge is 0.180 e. The topological polar surface area (TPSA) is 80.7 Å². The van der Waals surface area contributed by atoms with Crippen LogP contribution in [0.1, 0.15) is 13.8 Å². The first-order valence-electron chi connectivity index (χ1n) is 6.70. The van der Waals surface area contributed by atoms with Crippen molar-refractivity contribution in [2.24, 2.45) is 11.8 Å². The molecule has 0 aliphatic rings. The zero-order valence-corrected chi connectivity index (χ0v) is 12.2. The van der Waals surface area contributed by atoms with Gasteiger partial charge in [-0.3, -0.25) is 0 Å². The van der Waals surface area contributed by atoms with Crippen molar-refractivity contribution in [2.75, 3.05) is 37.1 Å². The normalized spacial score (nSPS) is 11.2. The van der Waals surface area contributed by atoms with Gasteiger partial charge in [-0.15, -0.1) is 0 Å². The van der Waals surface area contributed by atoms with Crippen molar-refractivity contribution in [3.63, 3.8) is 0 Å². The lowest BCUT2D eigenvalue weighted by Gasteiger charge is -2.26. The molecule has 0 aliphatic carbocycles. The maximum absolute atomic E-state index is 5.49. The fourth-order valence-electron chi connectivity index (χ4n) is 2.12. The van der Waals surface area contributed by atoms with E-state index in [-0.39, 0.29) is 0 Å². The lowest BCUT2D eigenvalue weighted by atomic mass is 10.2. The van der Waals surface area contributed by atoms with E-state index in [0.29, 0.717) is 18.3 Å². The second-order valence-electron chi connectivity index (χ2n) is 5.08. The summed E-state index contributed by atoms with van der Waals surface area (Å²) in [5.74, 6) is 7.43. The lowest BCUT2D eigenvalue weighted by molar-refractivity contribution is 0.204. The van der Waals surface area contributed by atoms with E-state index in [1.165, 1.54) is 0 Å². The summed E-state index contributed by atoms with van der Waals surface area (Å²) in [4.78, 5) is 11.1. The van der Waals surface area contributed by atoms with Crippen LogP contribution in [0.5, 0.6) is 0 Å². The highest BCUT2D eigenvalue weighted by molar-refractivity contribution is 5.66. The summed E-state index contributed by atoms with van der Waals surface area (Å²) >= 11 is 0. The molecule has 2 heterocycles. The second kappa shape index (κ2) is 6.53. The zero-order valence-electron chi connectivity index (χ0n) is 12.2. The molecular formula is C13H22N6O. The third kappa shape index (κ3) is 3.17. The number of rotatable bonds is 7. The molecule has 0 saturated heterocycles. The Balaban J connectivity index is 2.41. The molecule has 0 bridgehead atoms. The van der Waals surface area contributed by atoms with Gasteiger partial charge in [0.15, 0.2) is 17.3 Å². The minimum absolute atomic E-state index is 0.512. The molecule has 0 spiro atoms. The van der Waals surface area contributed by atoms with Crippen LogP contribution in [0.4, 0.5) is 11.6 Å². The molecule has 2 aromatic rings. The first-order valence-corrected chi connectivity index (χ1v) is 6.70. The fraction of sp³-hybridized carbons (Fsp3) is 0.538. The Morgan fingerprint density at radius 2 is 2.30 bits per heavy atom. The molecule has 110 valence electrons. The highest BCUT2D eigenvalue weighted by Gasteiger charge is 2.16. The third-order valence-electron chi connectivity index (χ3n) is 2.95. The average Bonchev–Trinajstić information content (AvgIpc) is 2.90. The van der Waals surface area contributed by atoms with Crippen molar-refractivity contribution in [1.82, 2.24) is 14.4 Å². The van der Waals surface area contributed by atoms with Gasteiger partial charge in [-0.2, -0.15) is 0 Å². The number of imidazole rings is 1. The molecule has 0 unspecified atom stereocenters. The van der Waals surface area contributed by atoms with E-state index in [4.69, 9.17) is 10.6 Å². The molecule has 3 N–H and O–H groups in total. The van der Waals surface area contributed by atoms with Crippen LogP contribution in [0, 0.1) is 5.92 Å². The van der Waals surface area contributed by atoms with Crippen molar-refractivity contribution in [3.05, 3.63) is 18.6 Å². The predicted molar refractivity (Wildman–Crippen MR) is 79.7 cm³/mol. The van der Waals surface area contributed by atoms with Crippen LogP contribution in [-0.2, 0) is 4.74 Å². The predicted octanol–water partition coefficient (Wildman–Crippen LogP) is 1.12. The number of anilines is 2. The Kier molecular flexibility index (Phi) is 4.75.